The van der Waals surface area contributed by atoms with Crippen molar-refractivity contribution in [1.82, 2.24) is 4.57 Å². The number of carboxylic acids is 1. The van der Waals surface area contributed by atoms with E-state index in [1.807, 2.05) is 0 Å². The first-order valence-electron chi connectivity index (χ1n) is 6.23. The zero-order valence-electron chi connectivity index (χ0n) is 10.9. The van der Waals surface area contributed by atoms with Crippen LogP contribution in [0.3, 0.4) is 0 Å². The van der Waals surface area contributed by atoms with Crippen LogP contribution in [-0.4, -0.2) is 36.4 Å². The van der Waals surface area contributed by atoms with Crippen LogP contribution in [0.15, 0.2) is 24.3 Å². The third-order valence-corrected chi connectivity index (χ3v) is 5.50. The number of hydrogen-bond donors (Lipinski definition) is 1. The quantitative estimate of drug-likeness (QED) is 0.908. The molecule has 0 aliphatic carbocycles. The Hall–Kier alpha value is -2.02. The van der Waals surface area contributed by atoms with Crippen LogP contribution in [0.4, 0.5) is 5.69 Å². The smallest absolute Gasteiger partial charge is 0.352 e. The second-order valence-electron chi connectivity index (χ2n) is 4.88. The van der Waals surface area contributed by atoms with Gasteiger partial charge in [-0.05, 0) is 24.6 Å². The van der Waals surface area contributed by atoms with Gasteiger partial charge < -0.3 is 9.67 Å². The number of sulfonamides is 1. The first-order chi connectivity index (χ1) is 9.40. The third kappa shape index (κ3) is 1.85. The average Bonchev–Trinajstić information content (AvgIpc) is 2.89. The van der Waals surface area contributed by atoms with Crippen molar-refractivity contribution in [3.05, 3.63) is 30.0 Å². The largest absolute Gasteiger partial charge is 0.477 e. The fourth-order valence-corrected chi connectivity index (χ4v) is 4.16. The monoisotopic (exact) mass is 294 g/mol. The van der Waals surface area contributed by atoms with E-state index >= 15 is 0 Å². The van der Waals surface area contributed by atoms with Gasteiger partial charge in [0, 0.05) is 19.0 Å². The summed E-state index contributed by atoms with van der Waals surface area (Å²) in [5, 5.41) is 9.89. The number of fused-ring (bicyclic) bond motifs is 1. The average molecular weight is 294 g/mol. The van der Waals surface area contributed by atoms with Crippen molar-refractivity contribution in [2.24, 2.45) is 7.05 Å². The van der Waals surface area contributed by atoms with Gasteiger partial charge in [-0.25, -0.2) is 13.2 Å². The molecule has 0 bridgehead atoms. The normalized spacial score (nSPS) is 17.8. The lowest BCUT2D eigenvalue weighted by molar-refractivity contribution is 0.0687. The van der Waals surface area contributed by atoms with Gasteiger partial charge in [0.15, 0.2) is 0 Å². The second-order valence-corrected chi connectivity index (χ2v) is 6.89. The number of aryl methyl sites for hydroxylation is 1. The van der Waals surface area contributed by atoms with Crippen molar-refractivity contribution in [1.29, 1.82) is 0 Å². The van der Waals surface area contributed by atoms with Crippen molar-refractivity contribution in [2.75, 3.05) is 16.6 Å². The molecule has 2 aromatic rings. The molecular formula is C13H14N2O4S. The number of hydrogen-bond acceptors (Lipinski definition) is 3. The van der Waals surface area contributed by atoms with Gasteiger partial charge in [-0.3, -0.25) is 4.31 Å². The van der Waals surface area contributed by atoms with Crippen LogP contribution in [0.1, 0.15) is 16.9 Å². The molecule has 0 spiro atoms. The molecule has 1 aromatic carbocycles. The summed E-state index contributed by atoms with van der Waals surface area (Å²) in [5.74, 6) is -0.836. The SMILES string of the molecule is Cn1c(C(=O)O)cc2ccc(N3CCCS3(=O)=O)cc21. The topological polar surface area (TPSA) is 79.6 Å². The first kappa shape index (κ1) is 13.0. The molecule has 20 heavy (non-hydrogen) atoms. The van der Waals surface area contributed by atoms with Crippen LogP contribution >= 0.6 is 0 Å². The molecule has 2 heterocycles. The molecule has 1 fully saturated rings. The van der Waals surface area contributed by atoms with Crippen LogP contribution in [0.25, 0.3) is 10.9 Å². The van der Waals surface area contributed by atoms with Gasteiger partial charge >= 0.3 is 5.97 Å². The standard InChI is InChI=1S/C13H14N2O4S/c1-14-11-8-10(15-5-2-6-20(15,18)19)4-3-9(11)7-12(14)13(16)17/h3-4,7-8H,2,5-6H2,1H3,(H,16,17). The summed E-state index contributed by atoms with van der Waals surface area (Å²) in [6.07, 6.45) is 0.619. The molecule has 1 aliphatic rings. The Morgan fingerprint density at radius 3 is 2.65 bits per heavy atom. The number of carboxylic acid groups (broad SMARTS) is 1. The van der Waals surface area contributed by atoms with Crippen molar-refractivity contribution in [3.8, 4) is 0 Å². The minimum atomic E-state index is -3.22. The Kier molecular flexibility index (Phi) is 2.75. The minimum absolute atomic E-state index is 0.165. The van der Waals surface area contributed by atoms with Gasteiger partial charge in [-0.1, -0.05) is 6.07 Å². The predicted molar refractivity (Wildman–Crippen MR) is 75.6 cm³/mol. The van der Waals surface area contributed by atoms with Crippen molar-refractivity contribution >= 4 is 32.6 Å². The Bertz CT molecular complexity index is 807. The highest BCUT2D eigenvalue weighted by Crippen LogP contribution is 2.29. The van der Waals surface area contributed by atoms with E-state index in [0.29, 0.717) is 24.2 Å². The molecule has 1 aromatic heterocycles. The zero-order chi connectivity index (χ0) is 14.5. The Morgan fingerprint density at radius 1 is 1.30 bits per heavy atom. The van der Waals surface area contributed by atoms with Gasteiger partial charge in [-0.15, -0.1) is 0 Å². The lowest BCUT2D eigenvalue weighted by Gasteiger charge is -2.17. The van der Waals surface area contributed by atoms with E-state index in [1.54, 1.807) is 35.9 Å². The predicted octanol–water partition coefficient (Wildman–Crippen LogP) is 1.42. The fourth-order valence-electron chi connectivity index (χ4n) is 2.61. The molecule has 6 nitrogen and oxygen atoms in total. The number of anilines is 1. The maximum Gasteiger partial charge on any atom is 0.352 e. The first-order valence-corrected chi connectivity index (χ1v) is 7.84. The molecule has 0 radical (unpaired) electrons. The molecule has 7 heteroatoms. The summed E-state index contributed by atoms with van der Waals surface area (Å²) in [5.41, 5.74) is 1.48. The highest BCUT2D eigenvalue weighted by atomic mass is 32.2. The van der Waals surface area contributed by atoms with E-state index in [4.69, 9.17) is 5.11 Å². The minimum Gasteiger partial charge on any atom is -0.477 e. The van der Waals surface area contributed by atoms with Gasteiger partial charge in [-0.2, -0.15) is 0 Å². The maximum atomic E-state index is 11.9. The third-order valence-electron chi connectivity index (χ3n) is 3.64. The van der Waals surface area contributed by atoms with E-state index in [2.05, 4.69) is 0 Å². The fraction of sp³-hybridized carbons (Fsp3) is 0.308. The van der Waals surface area contributed by atoms with Crippen LogP contribution in [-0.2, 0) is 17.1 Å². The highest BCUT2D eigenvalue weighted by Gasteiger charge is 2.28. The Balaban J connectivity index is 2.16. The van der Waals surface area contributed by atoms with Crippen LogP contribution in [0.2, 0.25) is 0 Å². The van der Waals surface area contributed by atoms with Crippen LogP contribution < -0.4 is 4.31 Å². The lowest BCUT2D eigenvalue weighted by atomic mass is 10.2. The maximum absolute atomic E-state index is 11.9. The zero-order valence-corrected chi connectivity index (χ0v) is 11.7. The molecule has 106 valence electrons. The molecule has 0 unspecified atom stereocenters. The van der Waals surface area contributed by atoms with E-state index in [0.717, 1.165) is 5.39 Å². The molecule has 1 saturated heterocycles. The van der Waals surface area contributed by atoms with E-state index < -0.39 is 16.0 Å². The van der Waals surface area contributed by atoms with Crippen LogP contribution in [0, 0.1) is 0 Å². The van der Waals surface area contributed by atoms with Gasteiger partial charge in [0.1, 0.15) is 5.69 Å². The van der Waals surface area contributed by atoms with E-state index in [1.165, 1.54) is 4.31 Å². The molecule has 0 saturated carbocycles. The number of benzene rings is 1. The summed E-state index contributed by atoms with van der Waals surface area (Å²) in [6, 6.07) is 6.78. The number of aromatic carboxylic acids is 1. The summed E-state index contributed by atoms with van der Waals surface area (Å²) in [4.78, 5) is 11.1. The van der Waals surface area contributed by atoms with E-state index in [-0.39, 0.29) is 11.4 Å². The molecule has 1 N–H and O–H groups in total. The number of carbonyl (C=O) groups is 1. The molecule has 0 amide bonds. The Labute approximate surface area is 116 Å². The van der Waals surface area contributed by atoms with Gasteiger partial charge in [0.05, 0.1) is 17.0 Å². The highest BCUT2D eigenvalue weighted by molar-refractivity contribution is 7.93. The van der Waals surface area contributed by atoms with Crippen molar-refractivity contribution in [2.45, 2.75) is 6.42 Å². The summed E-state index contributed by atoms with van der Waals surface area (Å²) < 4.78 is 26.8. The van der Waals surface area contributed by atoms with Crippen molar-refractivity contribution in [3.63, 3.8) is 0 Å². The van der Waals surface area contributed by atoms with Gasteiger partial charge in [0.25, 0.3) is 0 Å². The lowest BCUT2D eigenvalue weighted by Crippen LogP contribution is -2.24. The molecule has 3 rings (SSSR count). The number of rotatable bonds is 2. The molecule has 1 aliphatic heterocycles. The molecular weight excluding hydrogens is 280 g/mol. The Morgan fingerprint density at radius 2 is 2.05 bits per heavy atom. The number of aromatic nitrogens is 1. The van der Waals surface area contributed by atoms with Gasteiger partial charge in [0.2, 0.25) is 10.0 Å². The summed E-state index contributed by atoms with van der Waals surface area (Å²) >= 11 is 0. The second kappa shape index (κ2) is 4.24. The number of nitrogens with zero attached hydrogens (tertiary/aromatic N) is 2. The molecule has 0 atom stereocenters. The summed E-state index contributed by atoms with van der Waals surface area (Å²) in [6.45, 7) is 0.476. The van der Waals surface area contributed by atoms with Crippen LogP contribution in [0.5, 0.6) is 0 Å². The van der Waals surface area contributed by atoms with Crippen molar-refractivity contribution < 1.29 is 18.3 Å². The van der Waals surface area contributed by atoms with E-state index in [9.17, 15) is 13.2 Å². The summed E-state index contributed by atoms with van der Waals surface area (Å²) in [7, 11) is -1.56.